The van der Waals surface area contributed by atoms with Crippen molar-refractivity contribution in [2.75, 3.05) is 6.61 Å². The number of aliphatic carboxylic acids is 1. The smallest absolute Gasteiger partial charge is 0.407 e. The zero-order chi connectivity index (χ0) is 26.9. The van der Waals surface area contributed by atoms with E-state index in [1.165, 1.54) is 0 Å². The highest BCUT2D eigenvalue weighted by Gasteiger charge is 2.31. The van der Waals surface area contributed by atoms with Crippen molar-refractivity contribution >= 4 is 30.0 Å². The molecule has 2 unspecified atom stereocenters. The maximum Gasteiger partial charge on any atom is 0.407 e. The molecule has 194 valence electrons. The van der Waals surface area contributed by atoms with Gasteiger partial charge in [0, 0.05) is 12.3 Å². The molecule has 0 bridgehead atoms. The lowest BCUT2D eigenvalue weighted by atomic mass is 9.98. The van der Waals surface area contributed by atoms with Gasteiger partial charge in [0.05, 0.1) is 0 Å². The van der Waals surface area contributed by atoms with E-state index >= 15 is 0 Å². The minimum absolute atomic E-state index is 0.00950. The summed E-state index contributed by atoms with van der Waals surface area (Å²) in [5.41, 5.74) is 12.7. The van der Waals surface area contributed by atoms with Gasteiger partial charge in [-0.1, -0.05) is 62.4 Å². The molecule has 0 fully saturated rings. The highest BCUT2D eigenvalue weighted by atomic mass is 16.5. The van der Waals surface area contributed by atoms with E-state index in [0.29, 0.717) is 6.21 Å². The molecule has 37 heavy (non-hydrogen) atoms. The van der Waals surface area contributed by atoms with E-state index in [1.807, 2.05) is 62.4 Å². The molecule has 0 aliphatic heterocycles. The van der Waals surface area contributed by atoms with E-state index in [0.717, 1.165) is 22.3 Å². The monoisotopic (exact) mass is 506 g/mol. The zero-order valence-corrected chi connectivity index (χ0v) is 20.7. The van der Waals surface area contributed by atoms with Gasteiger partial charge in [-0.25, -0.2) is 9.59 Å². The van der Waals surface area contributed by atoms with Crippen LogP contribution in [0.2, 0.25) is 0 Å². The van der Waals surface area contributed by atoms with Gasteiger partial charge < -0.3 is 26.0 Å². The van der Waals surface area contributed by atoms with Crippen LogP contribution in [0.25, 0.3) is 16.7 Å². The van der Waals surface area contributed by atoms with Crippen LogP contribution in [0, 0.1) is 5.92 Å². The lowest BCUT2D eigenvalue weighted by molar-refractivity contribution is -0.142. The Balaban J connectivity index is 1.64. The van der Waals surface area contributed by atoms with Crippen molar-refractivity contribution in [1.82, 2.24) is 10.6 Å². The molecule has 1 aliphatic rings. The first-order valence-electron chi connectivity index (χ1n) is 12.1. The highest BCUT2D eigenvalue weighted by molar-refractivity contribution is 6.25. The van der Waals surface area contributed by atoms with Gasteiger partial charge in [-0.05, 0) is 41.0 Å². The van der Waals surface area contributed by atoms with Crippen molar-refractivity contribution < 1.29 is 33.8 Å². The standard InChI is InChI=1S/C27H30N4O6/c1-16(2)13-24(25(33)30-23(26(34)35)12-11-17(32)14-29-28)31-27(36)37-15-22-20-9-5-3-7-18(20)19-8-4-6-10-21(19)22/h3-10,14,16,22-24H,11-13,15H2,1-2H3,(H,30,33)(H,31,36)(H,34,35). The summed E-state index contributed by atoms with van der Waals surface area (Å²) in [7, 11) is 0. The number of amides is 2. The number of ketones is 1. The van der Waals surface area contributed by atoms with Gasteiger partial charge in [0.15, 0.2) is 0 Å². The van der Waals surface area contributed by atoms with E-state index in [2.05, 4.69) is 15.4 Å². The molecular weight excluding hydrogens is 476 g/mol. The molecule has 0 radical (unpaired) electrons. The van der Waals surface area contributed by atoms with Gasteiger partial charge in [0.2, 0.25) is 11.7 Å². The second-order valence-corrected chi connectivity index (χ2v) is 9.30. The normalized spacial score (nSPS) is 13.5. The predicted molar refractivity (Wildman–Crippen MR) is 135 cm³/mol. The average molecular weight is 507 g/mol. The van der Waals surface area contributed by atoms with Crippen molar-refractivity contribution in [1.29, 1.82) is 0 Å². The minimum Gasteiger partial charge on any atom is -0.480 e. The molecule has 2 aromatic carbocycles. The molecule has 2 aromatic rings. The summed E-state index contributed by atoms with van der Waals surface area (Å²) in [6, 6.07) is 13.4. The zero-order valence-electron chi connectivity index (χ0n) is 20.7. The van der Waals surface area contributed by atoms with Crippen LogP contribution in [-0.2, 0) is 19.1 Å². The van der Waals surface area contributed by atoms with E-state index < -0.39 is 35.8 Å². The van der Waals surface area contributed by atoms with Crippen LogP contribution in [0.1, 0.15) is 50.2 Å². The van der Waals surface area contributed by atoms with Crippen molar-refractivity contribution in [2.45, 2.75) is 51.1 Å². The number of Topliss-reactive ketones (excluding diaryl/α,β-unsaturated/α-hetero) is 1. The summed E-state index contributed by atoms with van der Waals surface area (Å²) in [5.74, 6) is -2.75. The van der Waals surface area contributed by atoms with E-state index in [-0.39, 0.29) is 37.7 Å². The molecule has 0 heterocycles. The maximum atomic E-state index is 12.9. The maximum absolute atomic E-state index is 12.9. The Kier molecular flexibility index (Phi) is 9.29. The van der Waals surface area contributed by atoms with Crippen molar-refractivity contribution in [3.8, 4) is 11.1 Å². The fourth-order valence-corrected chi connectivity index (χ4v) is 4.43. The highest BCUT2D eigenvalue weighted by Crippen LogP contribution is 2.44. The second-order valence-electron chi connectivity index (χ2n) is 9.30. The van der Waals surface area contributed by atoms with Gasteiger partial charge in [0.25, 0.3) is 0 Å². The molecule has 0 saturated heterocycles. The van der Waals surface area contributed by atoms with Gasteiger partial charge in [0.1, 0.15) is 18.7 Å². The average Bonchev–Trinajstić information content (AvgIpc) is 3.18. The Labute approximate surface area is 214 Å². The van der Waals surface area contributed by atoms with Crippen LogP contribution in [0.3, 0.4) is 0 Å². The molecule has 3 N–H and O–H groups in total. The number of nitrogens with zero attached hydrogens (tertiary/aromatic N) is 2. The van der Waals surface area contributed by atoms with Crippen molar-refractivity contribution in [3.63, 3.8) is 0 Å². The first-order valence-corrected chi connectivity index (χ1v) is 12.1. The number of nitrogens with one attached hydrogen (secondary N) is 2. The number of fused-ring (bicyclic) bond motifs is 3. The number of carbonyl (C=O) groups excluding carboxylic acids is 3. The van der Waals surface area contributed by atoms with Crippen molar-refractivity contribution in [2.24, 2.45) is 5.92 Å². The van der Waals surface area contributed by atoms with Gasteiger partial charge >= 0.3 is 18.3 Å². The topological polar surface area (TPSA) is 158 Å². The molecule has 0 spiro atoms. The first-order chi connectivity index (χ1) is 17.7. The molecule has 0 aromatic heterocycles. The molecule has 0 saturated carbocycles. The molecule has 3 rings (SSSR count). The number of ether oxygens (including phenoxy) is 1. The molecule has 2 amide bonds. The number of benzene rings is 2. The van der Waals surface area contributed by atoms with E-state index in [4.69, 9.17) is 10.3 Å². The summed E-state index contributed by atoms with van der Waals surface area (Å²) >= 11 is 0. The summed E-state index contributed by atoms with van der Waals surface area (Å²) in [4.78, 5) is 51.3. The third-order valence-electron chi connectivity index (χ3n) is 6.16. The molecular formula is C27H30N4O6. The quantitative estimate of drug-likeness (QED) is 0.228. The van der Waals surface area contributed by atoms with Crippen LogP contribution >= 0.6 is 0 Å². The lowest BCUT2D eigenvalue weighted by Gasteiger charge is -2.23. The van der Waals surface area contributed by atoms with Crippen LogP contribution in [-0.4, -0.2) is 58.6 Å². The Morgan fingerprint density at radius 3 is 2.14 bits per heavy atom. The molecule has 1 aliphatic carbocycles. The summed E-state index contributed by atoms with van der Waals surface area (Å²) in [6.45, 7) is 3.80. The number of rotatable bonds is 12. The van der Waals surface area contributed by atoms with Gasteiger partial charge in [-0.3, -0.25) is 9.59 Å². The Morgan fingerprint density at radius 2 is 1.59 bits per heavy atom. The van der Waals surface area contributed by atoms with Crippen molar-refractivity contribution in [3.05, 3.63) is 65.2 Å². The molecule has 10 nitrogen and oxygen atoms in total. The minimum atomic E-state index is -1.36. The van der Waals surface area contributed by atoms with Crippen LogP contribution in [0.4, 0.5) is 4.79 Å². The van der Waals surface area contributed by atoms with Crippen LogP contribution in [0.15, 0.2) is 48.5 Å². The predicted octanol–water partition coefficient (Wildman–Crippen LogP) is 3.16. The summed E-state index contributed by atoms with van der Waals surface area (Å²) in [6.07, 6.45) is -0.315. The number of hydrogen-bond acceptors (Lipinski definition) is 5. The molecule has 2 atom stereocenters. The second kappa shape index (κ2) is 12.6. The summed E-state index contributed by atoms with van der Waals surface area (Å²) in [5, 5.41) is 14.4. The number of carboxylic acids is 1. The number of alkyl carbamates (subject to hydrolysis) is 1. The fourth-order valence-electron chi connectivity index (χ4n) is 4.43. The number of carboxylic acid groups (broad SMARTS) is 1. The van der Waals surface area contributed by atoms with Gasteiger partial charge in [-0.15, -0.1) is 0 Å². The molecule has 10 heteroatoms. The number of carbonyl (C=O) groups is 4. The van der Waals surface area contributed by atoms with Gasteiger partial charge in [-0.2, -0.15) is 4.79 Å². The largest absolute Gasteiger partial charge is 0.480 e. The third-order valence-corrected chi connectivity index (χ3v) is 6.16. The summed E-state index contributed by atoms with van der Waals surface area (Å²) < 4.78 is 5.53. The SMILES string of the molecule is CC(C)CC(NC(=O)OCC1c2ccccc2-c2ccccc21)C(=O)NC(CCC(=O)C=[N+]=[N-])C(=O)O. The lowest BCUT2D eigenvalue weighted by Crippen LogP contribution is -2.52. The van der Waals surface area contributed by atoms with E-state index in [9.17, 15) is 24.3 Å². The third kappa shape index (κ3) is 7.11. The fraction of sp³-hybridized carbons (Fsp3) is 0.370. The first kappa shape index (κ1) is 27.3. The van der Waals surface area contributed by atoms with Crippen LogP contribution < -0.4 is 10.6 Å². The Hall–Kier alpha value is -4.30. The Bertz CT molecular complexity index is 1180. The number of hydrogen-bond donors (Lipinski definition) is 3. The van der Waals surface area contributed by atoms with Crippen LogP contribution in [0.5, 0.6) is 0 Å². The van der Waals surface area contributed by atoms with E-state index in [1.54, 1.807) is 0 Å². The Morgan fingerprint density at radius 1 is 1.00 bits per heavy atom.